The maximum Gasteiger partial charge on any atom is 0.274 e. The third-order valence-electron chi connectivity index (χ3n) is 7.79. The zero-order valence-corrected chi connectivity index (χ0v) is 27.6. The summed E-state index contributed by atoms with van der Waals surface area (Å²) in [5, 5.41) is 0.656. The Kier molecular flexibility index (Phi) is 9.05. The van der Waals surface area contributed by atoms with Crippen molar-refractivity contribution in [3.05, 3.63) is 76.1 Å². The van der Waals surface area contributed by atoms with Crippen molar-refractivity contribution in [3.63, 3.8) is 0 Å². The number of halogens is 1. The molecule has 0 atom stereocenters. The average molecular weight is 642 g/mol. The molecule has 1 fully saturated rings. The Hall–Kier alpha value is -3.49. The first-order valence-corrected chi connectivity index (χ1v) is 19.5. The van der Waals surface area contributed by atoms with Gasteiger partial charge in [0.1, 0.15) is 11.3 Å². The summed E-state index contributed by atoms with van der Waals surface area (Å²) >= 11 is 0. The van der Waals surface area contributed by atoms with Crippen LogP contribution in [0.3, 0.4) is 0 Å². The maximum absolute atomic E-state index is 15.3. The molecule has 10 nitrogen and oxygen atoms in total. The Morgan fingerprint density at radius 3 is 2.39 bits per heavy atom. The van der Waals surface area contributed by atoms with Gasteiger partial charge in [0, 0.05) is 73.9 Å². The Labute approximate surface area is 258 Å². The number of pyridine rings is 1. The van der Waals surface area contributed by atoms with Crippen LogP contribution in [0.15, 0.2) is 53.5 Å². The molecule has 0 spiro atoms. The molecule has 0 bridgehead atoms. The number of hydrogen-bond acceptors (Lipinski definition) is 7. The highest BCUT2D eigenvalue weighted by molar-refractivity contribution is 7.92. The standard InChI is InChI=1S/C31H40FN5O5SSi/c1-6-43(39,40)34-22-8-10-28(42-29-9-7-21(15-27(29)32)20-44(4,5)41)24(16-22)26-19-36(3)31(38)30-25(26)17-23(33-30)18-37-13-11-35(2)12-14-37/h7-10,15-17,19,33-34,41H,6,11-14,18,20H2,1-5H3. The van der Waals surface area contributed by atoms with E-state index < -0.39 is 24.2 Å². The number of nitrogens with zero attached hydrogens (tertiary/aromatic N) is 3. The lowest BCUT2D eigenvalue weighted by Gasteiger charge is -2.31. The second-order valence-corrected chi connectivity index (χ2v) is 18.2. The summed E-state index contributed by atoms with van der Waals surface area (Å²) in [7, 11) is -2.27. The van der Waals surface area contributed by atoms with E-state index in [0.717, 1.165) is 31.9 Å². The summed E-state index contributed by atoms with van der Waals surface area (Å²) in [6, 6.07) is 11.8. The second kappa shape index (κ2) is 12.5. The van der Waals surface area contributed by atoms with Gasteiger partial charge in [-0.05, 0) is 75.1 Å². The molecule has 1 aliphatic heterocycles. The van der Waals surface area contributed by atoms with E-state index in [1.807, 2.05) is 6.07 Å². The van der Waals surface area contributed by atoms with E-state index in [2.05, 4.69) is 26.6 Å². The van der Waals surface area contributed by atoms with Gasteiger partial charge in [-0.1, -0.05) is 6.07 Å². The van der Waals surface area contributed by atoms with Crippen molar-refractivity contribution in [1.29, 1.82) is 0 Å². The van der Waals surface area contributed by atoms with E-state index in [1.165, 1.54) is 16.7 Å². The van der Waals surface area contributed by atoms with E-state index >= 15 is 4.39 Å². The topological polar surface area (TPSA) is 120 Å². The van der Waals surface area contributed by atoms with Gasteiger partial charge in [-0.25, -0.2) is 12.8 Å². The highest BCUT2D eigenvalue weighted by Gasteiger charge is 2.22. The van der Waals surface area contributed by atoms with Gasteiger partial charge in [0.25, 0.3) is 5.56 Å². The largest absolute Gasteiger partial charge is 0.454 e. The van der Waals surface area contributed by atoms with Gasteiger partial charge in [0.15, 0.2) is 19.9 Å². The molecule has 4 aromatic rings. The Morgan fingerprint density at radius 1 is 1.02 bits per heavy atom. The van der Waals surface area contributed by atoms with Crippen molar-refractivity contribution in [2.45, 2.75) is 32.6 Å². The van der Waals surface area contributed by atoms with Crippen LogP contribution in [0.1, 0.15) is 18.2 Å². The number of aryl methyl sites for hydroxylation is 1. The van der Waals surface area contributed by atoms with E-state index in [4.69, 9.17) is 4.74 Å². The third-order valence-corrected chi connectivity index (χ3v) is 10.4. The molecule has 2 aromatic carbocycles. The summed E-state index contributed by atoms with van der Waals surface area (Å²) < 4.78 is 50.3. The highest BCUT2D eigenvalue weighted by atomic mass is 32.2. The lowest BCUT2D eigenvalue weighted by molar-refractivity contribution is 0.147. The number of nitrogens with one attached hydrogen (secondary N) is 2. The Bertz CT molecular complexity index is 1840. The molecule has 2 aromatic heterocycles. The van der Waals surface area contributed by atoms with E-state index in [0.29, 0.717) is 45.9 Å². The van der Waals surface area contributed by atoms with E-state index in [1.54, 1.807) is 57.5 Å². The number of likely N-dealkylation sites (N-methyl/N-ethyl adjacent to an activating group) is 1. The van der Waals surface area contributed by atoms with Gasteiger partial charge < -0.3 is 24.0 Å². The summed E-state index contributed by atoms with van der Waals surface area (Å²) in [4.78, 5) is 31.5. The molecule has 44 heavy (non-hydrogen) atoms. The smallest absolute Gasteiger partial charge is 0.274 e. The zero-order chi connectivity index (χ0) is 31.8. The van der Waals surface area contributed by atoms with Crippen LogP contribution in [-0.2, 0) is 29.7 Å². The van der Waals surface area contributed by atoms with E-state index in [9.17, 15) is 18.0 Å². The first kappa shape index (κ1) is 31.9. The van der Waals surface area contributed by atoms with Gasteiger partial charge in [0.2, 0.25) is 10.0 Å². The minimum atomic E-state index is -3.58. The fraction of sp³-hybridized carbons (Fsp3) is 0.387. The van der Waals surface area contributed by atoms with Crippen LogP contribution in [0.4, 0.5) is 10.1 Å². The van der Waals surface area contributed by atoms with Crippen molar-refractivity contribution in [2.24, 2.45) is 7.05 Å². The Balaban J connectivity index is 1.60. The lowest BCUT2D eigenvalue weighted by Crippen LogP contribution is -2.43. The molecule has 0 radical (unpaired) electrons. The van der Waals surface area contributed by atoms with Crippen LogP contribution < -0.4 is 15.0 Å². The van der Waals surface area contributed by atoms with Crippen LogP contribution in [0.2, 0.25) is 13.1 Å². The zero-order valence-electron chi connectivity index (χ0n) is 25.8. The highest BCUT2D eigenvalue weighted by Crippen LogP contribution is 2.39. The molecule has 0 saturated carbocycles. The number of hydrogen-bond donors (Lipinski definition) is 3. The van der Waals surface area contributed by atoms with Crippen LogP contribution in [-0.4, -0.2) is 79.9 Å². The molecule has 3 heterocycles. The maximum atomic E-state index is 15.3. The first-order chi connectivity index (χ1) is 20.7. The second-order valence-electron chi connectivity index (χ2n) is 12.2. The lowest BCUT2D eigenvalue weighted by atomic mass is 10.0. The van der Waals surface area contributed by atoms with Gasteiger partial charge >= 0.3 is 0 Å². The molecular weight excluding hydrogens is 602 g/mol. The molecule has 236 valence electrons. The van der Waals surface area contributed by atoms with Crippen LogP contribution >= 0.6 is 0 Å². The molecule has 1 saturated heterocycles. The number of benzene rings is 2. The summed E-state index contributed by atoms with van der Waals surface area (Å²) in [6.45, 7) is 9.54. The van der Waals surface area contributed by atoms with E-state index in [-0.39, 0.29) is 22.8 Å². The van der Waals surface area contributed by atoms with Gasteiger partial charge in [0.05, 0.1) is 5.75 Å². The SMILES string of the molecule is CCS(=O)(=O)Nc1ccc(Oc2ccc(C[Si](C)(C)O)cc2F)c(-c2cn(C)c(=O)c3[nH]c(CN4CCN(C)CC4)cc23)c1. The number of H-pyrrole nitrogens is 1. The summed E-state index contributed by atoms with van der Waals surface area (Å²) in [6.07, 6.45) is 1.69. The third kappa shape index (κ3) is 7.41. The number of sulfonamides is 1. The van der Waals surface area contributed by atoms with Crippen LogP contribution in [0.25, 0.3) is 22.0 Å². The molecule has 0 amide bonds. The van der Waals surface area contributed by atoms with Gasteiger partial charge in [-0.3, -0.25) is 14.4 Å². The minimum Gasteiger partial charge on any atom is -0.454 e. The number of fused-ring (bicyclic) bond motifs is 1. The predicted molar refractivity (Wildman–Crippen MR) is 175 cm³/mol. The molecule has 0 unspecified atom stereocenters. The number of ether oxygens (including phenoxy) is 1. The normalized spacial score (nSPS) is 15.2. The first-order valence-electron chi connectivity index (χ1n) is 14.7. The number of aromatic nitrogens is 2. The monoisotopic (exact) mass is 641 g/mol. The number of piperazine rings is 1. The van der Waals surface area contributed by atoms with Crippen LogP contribution in [0, 0.1) is 5.82 Å². The molecule has 3 N–H and O–H groups in total. The van der Waals surface area contributed by atoms with Gasteiger partial charge in [-0.2, -0.15) is 0 Å². The molecule has 0 aliphatic carbocycles. The van der Waals surface area contributed by atoms with Crippen molar-refractivity contribution < 1.29 is 22.3 Å². The summed E-state index contributed by atoms with van der Waals surface area (Å²) in [5.41, 5.74) is 3.21. The fourth-order valence-electron chi connectivity index (χ4n) is 5.44. The van der Waals surface area contributed by atoms with Gasteiger partial charge in [-0.15, -0.1) is 0 Å². The van der Waals surface area contributed by atoms with Crippen LogP contribution in [0.5, 0.6) is 11.5 Å². The van der Waals surface area contributed by atoms with Crippen molar-refractivity contribution in [3.8, 4) is 22.6 Å². The molecule has 13 heteroatoms. The number of anilines is 1. The minimum absolute atomic E-state index is 0.0137. The number of rotatable bonds is 10. The molecular formula is C31H40FN5O5SSi. The molecule has 5 rings (SSSR count). The van der Waals surface area contributed by atoms with Crippen molar-refractivity contribution >= 4 is 34.9 Å². The fourth-order valence-corrected chi connectivity index (χ4v) is 7.29. The Morgan fingerprint density at radius 2 is 1.73 bits per heavy atom. The predicted octanol–water partition coefficient (Wildman–Crippen LogP) is 4.25. The quantitative estimate of drug-likeness (QED) is 0.222. The number of aromatic amines is 1. The van der Waals surface area contributed by atoms with Crippen molar-refractivity contribution in [1.82, 2.24) is 19.4 Å². The molecule has 1 aliphatic rings. The van der Waals surface area contributed by atoms with Crippen molar-refractivity contribution in [2.75, 3.05) is 43.7 Å². The average Bonchev–Trinajstić information content (AvgIpc) is 3.37. The summed E-state index contributed by atoms with van der Waals surface area (Å²) in [5.74, 6) is -0.414.